The molecule has 0 saturated carbocycles. The fraction of sp³-hybridized carbons (Fsp3) is 0.727. The Hall–Kier alpha value is -0.286. The zero-order chi connectivity index (χ0) is 35.1. The predicted molar refractivity (Wildman–Crippen MR) is 224 cm³/mol. The number of halogens is 2. The number of allylic oxidation sites excluding steroid dienone is 4. The van der Waals surface area contributed by atoms with Crippen LogP contribution in [0.25, 0.3) is 0 Å². The van der Waals surface area contributed by atoms with Gasteiger partial charge >= 0.3 is 245 Å². The molecule has 0 fully saturated rings. The quantitative estimate of drug-likeness (QED) is 0.0377. The van der Waals surface area contributed by atoms with Crippen LogP contribution in [0.3, 0.4) is 0 Å². The first kappa shape index (κ1) is 44.9. The SMILES string of the molecule is CCCCCCCC/C=C\CCCCCCC[CH](n1cccc1)[Ti]([Br])([Br])[CH](CCCCCCC/C=C\CCCCCCCC)n1cccc1. The number of aromatic nitrogens is 2. The number of unbranched alkanes of at least 4 members (excludes halogenated alkanes) is 22. The molecule has 0 spiro atoms. The van der Waals surface area contributed by atoms with Crippen LogP contribution in [0.4, 0.5) is 0 Å². The van der Waals surface area contributed by atoms with Crippen molar-refractivity contribution < 1.29 is 12.4 Å². The van der Waals surface area contributed by atoms with Gasteiger partial charge in [-0.25, -0.2) is 0 Å². The van der Waals surface area contributed by atoms with Crippen molar-refractivity contribution in [3.63, 3.8) is 0 Å². The van der Waals surface area contributed by atoms with E-state index in [0.717, 1.165) is 0 Å². The Balaban J connectivity index is 1.70. The van der Waals surface area contributed by atoms with Gasteiger partial charge in [0.25, 0.3) is 0 Å². The minimum atomic E-state index is -2.70. The van der Waals surface area contributed by atoms with Gasteiger partial charge in [0.15, 0.2) is 0 Å². The van der Waals surface area contributed by atoms with Crippen molar-refractivity contribution >= 4 is 26.3 Å². The Morgan fingerprint density at radius 1 is 0.408 bits per heavy atom. The molecule has 5 heteroatoms. The minimum absolute atomic E-state index is 0.537. The third-order valence-corrected chi connectivity index (χ3v) is 23.7. The third kappa shape index (κ3) is 21.7. The summed E-state index contributed by atoms with van der Waals surface area (Å²) in [5.74, 6) is 0. The van der Waals surface area contributed by atoms with Crippen molar-refractivity contribution in [3.05, 3.63) is 73.4 Å². The summed E-state index contributed by atoms with van der Waals surface area (Å²) >= 11 is 6.29. The zero-order valence-corrected chi connectivity index (χ0v) is 36.8. The third-order valence-electron chi connectivity index (χ3n) is 10.3. The summed E-state index contributed by atoms with van der Waals surface area (Å²) in [4.78, 5) is 0. The Morgan fingerprint density at radius 2 is 0.673 bits per heavy atom. The summed E-state index contributed by atoms with van der Waals surface area (Å²) in [6, 6.07) is 8.83. The van der Waals surface area contributed by atoms with Crippen LogP contribution in [-0.2, 0) is 12.4 Å². The van der Waals surface area contributed by atoms with E-state index in [1.54, 1.807) is 0 Å². The van der Waals surface area contributed by atoms with Crippen LogP contribution >= 0.6 is 26.3 Å². The second kappa shape index (κ2) is 31.3. The molecule has 0 radical (unpaired) electrons. The van der Waals surface area contributed by atoms with Crippen molar-refractivity contribution in [1.29, 1.82) is 0 Å². The molecule has 0 amide bonds. The standard InChI is InChI=1S/2C22H38N.2BrH.Ti/c2*1-2-3-4-5-6-7-8-9-10-11-12-13-14-15-16-17-20-23-21-18-19-22-23;;;/h2*9-10,18-22H,2-8,11-17H2,1H3;2*1H;/q;;;;+2/p-2/b2*10-9-;;;. The fourth-order valence-electron chi connectivity index (χ4n) is 7.23. The first-order valence-electron chi connectivity index (χ1n) is 21.0. The predicted octanol–water partition coefficient (Wildman–Crippen LogP) is 16.8. The van der Waals surface area contributed by atoms with Crippen molar-refractivity contribution in [2.75, 3.05) is 0 Å². The summed E-state index contributed by atoms with van der Waals surface area (Å²) in [6.07, 6.45) is 56.8. The molecule has 0 aliphatic carbocycles. The van der Waals surface area contributed by atoms with E-state index in [1.165, 1.54) is 180 Å². The van der Waals surface area contributed by atoms with Gasteiger partial charge in [-0.15, -0.1) is 0 Å². The molecule has 0 aliphatic heterocycles. The maximum atomic E-state index is 4.49. The monoisotopic (exact) mass is 838 g/mol. The van der Waals surface area contributed by atoms with Crippen LogP contribution in [0.15, 0.2) is 73.4 Å². The Bertz CT molecular complexity index is 934. The van der Waals surface area contributed by atoms with Crippen molar-refractivity contribution in [2.45, 2.75) is 202 Å². The van der Waals surface area contributed by atoms with Gasteiger partial charge in [0.2, 0.25) is 0 Å². The van der Waals surface area contributed by atoms with Gasteiger partial charge in [-0.1, -0.05) is 78.1 Å². The van der Waals surface area contributed by atoms with Crippen LogP contribution < -0.4 is 0 Å². The van der Waals surface area contributed by atoms with E-state index in [0.29, 0.717) is 8.69 Å². The number of hydrogen-bond acceptors (Lipinski definition) is 0. The fourth-order valence-corrected chi connectivity index (χ4v) is 19.2. The molecule has 2 unspecified atom stereocenters. The molecule has 0 aromatic carbocycles. The molecular formula is C44H76Br2N2Ti. The summed E-state index contributed by atoms with van der Waals surface area (Å²) in [5.41, 5.74) is 0. The van der Waals surface area contributed by atoms with Gasteiger partial charge in [-0.2, -0.15) is 0 Å². The summed E-state index contributed by atoms with van der Waals surface area (Å²) < 4.78 is 6.12. The van der Waals surface area contributed by atoms with Crippen LogP contribution in [0, 0.1) is 0 Å². The topological polar surface area (TPSA) is 9.86 Å². The molecule has 0 aliphatic rings. The number of rotatable bonds is 34. The molecule has 2 rings (SSSR count). The van der Waals surface area contributed by atoms with Gasteiger partial charge in [-0.05, 0) is 0 Å². The Labute approximate surface area is 321 Å². The van der Waals surface area contributed by atoms with Crippen molar-refractivity contribution in [3.8, 4) is 0 Å². The molecule has 280 valence electrons. The summed E-state index contributed by atoms with van der Waals surface area (Å²) in [6.45, 7) is 4.59. The Morgan fingerprint density at radius 3 is 0.980 bits per heavy atom. The first-order valence-corrected chi connectivity index (χ1v) is 30.6. The van der Waals surface area contributed by atoms with E-state index in [2.05, 4.69) is 123 Å². The normalized spacial score (nSPS) is 13.6. The van der Waals surface area contributed by atoms with Crippen molar-refractivity contribution in [2.24, 2.45) is 0 Å². The number of nitrogens with zero attached hydrogens (tertiary/aromatic N) is 2. The second-order valence-corrected chi connectivity index (χ2v) is 34.1. The van der Waals surface area contributed by atoms with Crippen LogP contribution in [0.1, 0.15) is 202 Å². The molecule has 2 atom stereocenters. The number of hydrogen-bond donors (Lipinski definition) is 0. The van der Waals surface area contributed by atoms with Crippen LogP contribution in [0.2, 0.25) is 0 Å². The van der Waals surface area contributed by atoms with Crippen LogP contribution in [-0.4, -0.2) is 9.13 Å². The van der Waals surface area contributed by atoms with Gasteiger partial charge in [0.05, 0.1) is 0 Å². The average molecular weight is 841 g/mol. The van der Waals surface area contributed by atoms with Crippen LogP contribution in [0.5, 0.6) is 0 Å². The average Bonchev–Trinajstić information content (AvgIpc) is 3.83. The van der Waals surface area contributed by atoms with Gasteiger partial charge < -0.3 is 0 Å². The molecular weight excluding hydrogens is 764 g/mol. The van der Waals surface area contributed by atoms with E-state index in [4.69, 9.17) is 0 Å². The molecule has 2 nitrogen and oxygen atoms in total. The zero-order valence-electron chi connectivity index (χ0n) is 32.0. The molecule has 0 N–H and O–H groups in total. The Kier molecular flexibility index (Phi) is 28.6. The van der Waals surface area contributed by atoms with E-state index >= 15 is 0 Å². The van der Waals surface area contributed by atoms with Gasteiger partial charge in [0, 0.05) is 0 Å². The molecule has 0 saturated heterocycles. The maximum absolute atomic E-state index is 4.49. The van der Waals surface area contributed by atoms with E-state index < -0.39 is 12.4 Å². The molecule has 2 heterocycles. The van der Waals surface area contributed by atoms with E-state index in [1.807, 2.05) is 0 Å². The van der Waals surface area contributed by atoms with E-state index in [-0.39, 0.29) is 0 Å². The first-order chi connectivity index (χ1) is 24.1. The van der Waals surface area contributed by atoms with Crippen molar-refractivity contribution in [1.82, 2.24) is 9.13 Å². The van der Waals surface area contributed by atoms with Gasteiger partial charge in [-0.3, -0.25) is 0 Å². The molecule has 0 bridgehead atoms. The molecule has 2 aromatic rings. The summed E-state index contributed by atoms with van der Waals surface area (Å²) in [7, 11) is 0. The van der Waals surface area contributed by atoms with E-state index in [9.17, 15) is 0 Å². The van der Waals surface area contributed by atoms with Gasteiger partial charge in [0.1, 0.15) is 0 Å². The second-order valence-electron chi connectivity index (χ2n) is 14.7. The molecule has 49 heavy (non-hydrogen) atoms. The summed E-state index contributed by atoms with van der Waals surface area (Å²) in [5, 5.41) is 0. The molecule has 2 aromatic heterocycles.